The van der Waals surface area contributed by atoms with E-state index in [9.17, 15) is 5.11 Å². The molecule has 1 N–H and O–H groups in total. The summed E-state index contributed by atoms with van der Waals surface area (Å²) in [6.45, 7) is 16.0. The van der Waals surface area contributed by atoms with Gasteiger partial charge in [0.05, 0.1) is 31.5 Å². The third kappa shape index (κ3) is 7.62. The summed E-state index contributed by atoms with van der Waals surface area (Å²) in [5.41, 5.74) is 2.89. The van der Waals surface area contributed by atoms with E-state index in [1.807, 2.05) is 18.2 Å². The minimum absolute atomic E-state index is 0.0444. The van der Waals surface area contributed by atoms with Gasteiger partial charge < -0.3 is 23.7 Å². The number of rotatable bonds is 13. The predicted octanol–water partition coefficient (Wildman–Crippen LogP) is 6.98. The molecule has 0 unspecified atom stereocenters. The normalized spacial score (nSPS) is 27.5. The van der Waals surface area contributed by atoms with Crippen molar-refractivity contribution in [3.05, 3.63) is 35.9 Å². The van der Waals surface area contributed by atoms with Crippen molar-refractivity contribution in [1.29, 1.82) is 0 Å². The number of aliphatic hydroxyl groups is 1. The lowest BCUT2D eigenvalue weighted by atomic mass is 9.94. The Kier molecular flexibility index (Phi) is 10.8. The van der Waals surface area contributed by atoms with Gasteiger partial charge in [0, 0.05) is 19.4 Å². The first-order chi connectivity index (χ1) is 16.7. The van der Waals surface area contributed by atoms with Gasteiger partial charge in [0.2, 0.25) is 0 Å². The molecule has 200 valence electrons. The highest BCUT2D eigenvalue weighted by Gasteiger charge is 2.50. The molecule has 0 amide bonds. The average molecular weight is 507 g/mol. The van der Waals surface area contributed by atoms with Crippen LogP contribution in [-0.4, -0.2) is 50.7 Å². The minimum Gasteiger partial charge on any atom is -0.413 e. The molecule has 0 saturated carbocycles. The minimum atomic E-state index is -1.92. The fourth-order valence-corrected chi connectivity index (χ4v) is 12.0. The van der Waals surface area contributed by atoms with Crippen LogP contribution in [0, 0.1) is 0 Å². The van der Waals surface area contributed by atoms with Crippen LogP contribution in [-0.2, 0) is 25.2 Å². The van der Waals surface area contributed by atoms with Gasteiger partial charge in [-0.15, -0.1) is 0 Å². The first-order valence-corrected chi connectivity index (χ1v) is 16.1. The average Bonchev–Trinajstić information content (AvgIpc) is 3.17. The van der Waals surface area contributed by atoms with Gasteiger partial charge in [0.1, 0.15) is 0 Å². The molecule has 1 aromatic rings. The highest BCUT2D eigenvalue weighted by molar-refractivity contribution is 6.77. The van der Waals surface area contributed by atoms with E-state index in [4.69, 9.17) is 18.6 Å². The molecule has 2 saturated heterocycles. The highest BCUT2D eigenvalue weighted by Crippen LogP contribution is 2.45. The standard InChI is InChI=1S/C29H50O5Si/c1-22(2)35(23(3)4,24(5)6)32-21-28-15-16-29(34-28)19-26(30)18-27(33-29)14-10-11-17-31-20-25-12-8-7-9-13-25/h7-9,12-13,22-24,26-28,30H,10-11,14-21H2,1-6H3/t26-,27-,28-,29-/m0/s1. The van der Waals surface area contributed by atoms with Crippen molar-refractivity contribution in [1.82, 2.24) is 0 Å². The smallest absolute Gasteiger partial charge is 0.200 e. The van der Waals surface area contributed by atoms with Crippen molar-refractivity contribution in [2.24, 2.45) is 0 Å². The number of hydrogen-bond acceptors (Lipinski definition) is 5. The summed E-state index contributed by atoms with van der Waals surface area (Å²) in [5, 5.41) is 10.6. The van der Waals surface area contributed by atoms with Crippen molar-refractivity contribution in [3.8, 4) is 0 Å². The van der Waals surface area contributed by atoms with Crippen LogP contribution in [0.4, 0.5) is 0 Å². The van der Waals surface area contributed by atoms with Gasteiger partial charge in [0.25, 0.3) is 0 Å². The Labute approximate surface area is 215 Å². The Morgan fingerprint density at radius 3 is 2.29 bits per heavy atom. The van der Waals surface area contributed by atoms with E-state index in [1.54, 1.807) is 0 Å². The topological polar surface area (TPSA) is 57.2 Å². The molecular formula is C29H50O5Si. The molecule has 0 aromatic heterocycles. The Morgan fingerprint density at radius 1 is 0.971 bits per heavy atom. The third-order valence-electron chi connectivity index (χ3n) is 8.09. The van der Waals surface area contributed by atoms with Crippen LogP contribution in [0.5, 0.6) is 0 Å². The molecule has 3 rings (SSSR count). The van der Waals surface area contributed by atoms with Crippen molar-refractivity contribution in [2.75, 3.05) is 13.2 Å². The van der Waals surface area contributed by atoms with Crippen LogP contribution in [0.25, 0.3) is 0 Å². The maximum atomic E-state index is 10.6. The number of hydrogen-bond donors (Lipinski definition) is 1. The van der Waals surface area contributed by atoms with Crippen molar-refractivity contribution in [2.45, 2.75) is 134 Å². The van der Waals surface area contributed by atoms with E-state index < -0.39 is 14.1 Å². The van der Waals surface area contributed by atoms with Gasteiger partial charge in [-0.2, -0.15) is 0 Å². The molecule has 2 aliphatic rings. The first kappa shape index (κ1) is 28.8. The number of benzene rings is 1. The second kappa shape index (κ2) is 13.2. The maximum Gasteiger partial charge on any atom is 0.200 e. The molecule has 0 radical (unpaired) electrons. The molecule has 2 aliphatic heterocycles. The molecule has 4 atom stereocenters. The van der Waals surface area contributed by atoms with Crippen LogP contribution in [0.15, 0.2) is 30.3 Å². The second-order valence-electron chi connectivity index (χ2n) is 11.7. The Bertz CT molecular complexity index is 718. The quantitative estimate of drug-likeness (QED) is 0.231. The van der Waals surface area contributed by atoms with Crippen molar-refractivity contribution < 1.29 is 23.7 Å². The molecule has 35 heavy (non-hydrogen) atoms. The van der Waals surface area contributed by atoms with Crippen LogP contribution < -0.4 is 0 Å². The summed E-state index contributed by atoms with van der Waals surface area (Å²) < 4.78 is 25.6. The third-order valence-corrected chi connectivity index (χ3v) is 14.2. The van der Waals surface area contributed by atoms with Gasteiger partial charge in [-0.1, -0.05) is 71.9 Å². The first-order valence-electron chi connectivity index (χ1n) is 14.0. The molecule has 5 nitrogen and oxygen atoms in total. The summed E-state index contributed by atoms with van der Waals surface area (Å²) in [4.78, 5) is 0. The molecule has 2 heterocycles. The van der Waals surface area contributed by atoms with E-state index in [-0.39, 0.29) is 18.3 Å². The van der Waals surface area contributed by atoms with Gasteiger partial charge in [-0.05, 0) is 54.3 Å². The number of ether oxygens (including phenoxy) is 3. The van der Waals surface area contributed by atoms with Crippen molar-refractivity contribution in [3.63, 3.8) is 0 Å². The van der Waals surface area contributed by atoms with Gasteiger partial charge in [0.15, 0.2) is 14.1 Å². The lowest BCUT2D eigenvalue weighted by Crippen LogP contribution is -2.50. The number of aliphatic hydroxyl groups excluding tert-OH is 1. The Balaban J connectivity index is 1.43. The molecule has 0 bridgehead atoms. The fourth-order valence-electron chi connectivity index (χ4n) is 6.56. The zero-order valence-electron chi connectivity index (χ0n) is 23.0. The van der Waals surface area contributed by atoms with Gasteiger partial charge >= 0.3 is 0 Å². The SMILES string of the molecule is CC(C)[Si](OC[C@@H]1CC[C@@]2(C[C@@H](O)C[C@H](CCCCOCc3ccccc3)O2)O1)(C(C)C)C(C)C. The summed E-state index contributed by atoms with van der Waals surface area (Å²) >= 11 is 0. The Hall–Kier alpha value is -0.763. The van der Waals surface area contributed by atoms with Crippen LogP contribution >= 0.6 is 0 Å². The lowest BCUT2D eigenvalue weighted by Gasteiger charge is -2.43. The fraction of sp³-hybridized carbons (Fsp3) is 0.793. The maximum absolute atomic E-state index is 10.6. The molecular weight excluding hydrogens is 456 g/mol. The second-order valence-corrected chi connectivity index (χ2v) is 17.1. The molecule has 1 aromatic carbocycles. The highest BCUT2D eigenvalue weighted by atomic mass is 28.4. The van der Waals surface area contributed by atoms with Crippen LogP contribution in [0.2, 0.25) is 16.6 Å². The number of unbranched alkanes of at least 4 members (excludes halogenated alkanes) is 1. The van der Waals surface area contributed by atoms with Gasteiger partial charge in [-0.3, -0.25) is 0 Å². The summed E-state index contributed by atoms with van der Waals surface area (Å²) in [5.74, 6) is -0.641. The Morgan fingerprint density at radius 2 is 1.63 bits per heavy atom. The summed E-state index contributed by atoms with van der Waals surface area (Å²) in [6.07, 6.45) is 5.74. The predicted molar refractivity (Wildman–Crippen MR) is 144 cm³/mol. The molecule has 6 heteroatoms. The lowest BCUT2D eigenvalue weighted by molar-refractivity contribution is -0.288. The van der Waals surface area contributed by atoms with Crippen molar-refractivity contribution >= 4 is 8.32 Å². The summed E-state index contributed by atoms with van der Waals surface area (Å²) in [6, 6.07) is 10.3. The van der Waals surface area contributed by atoms with Crippen LogP contribution in [0.1, 0.15) is 92.1 Å². The molecule has 0 aliphatic carbocycles. The zero-order chi connectivity index (χ0) is 25.5. The molecule has 1 spiro atoms. The largest absolute Gasteiger partial charge is 0.413 e. The van der Waals surface area contributed by atoms with E-state index in [0.29, 0.717) is 42.7 Å². The van der Waals surface area contributed by atoms with Crippen LogP contribution in [0.3, 0.4) is 0 Å². The molecule has 2 fully saturated rings. The summed E-state index contributed by atoms with van der Waals surface area (Å²) in [7, 11) is -1.92. The van der Waals surface area contributed by atoms with E-state index in [1.165, 1.54) is 5.56 Å². The van der Waals surface area contributed by atoms with E-state index >= 15 is 0 Å². The van der Waals surface area contributed by atoms with Gasteiger partial charge in [-0.25, -0.2) is 0 Å². The van der Waals surface area contributed by atoms with E-state index in [2.05, 4.69) is 53.7 Å². The zero-order valence-corrected chi connectivity index (χ0v) is 24.0. The van der Waals surface area contributed by atoms with E-state index in [0.717, 1.165) is 38.7 Å². The monoisotopic (exact) mass is 506 g/mol.